The first-order chi connectivity index (χ1) is 8.27. The maximum absolute atomic E-state index is 11.6. The molecule has 0 aromatic carbocycles. The van der Waals surface area contributed by atoms with E-state index >= 15 is 0 Å². The summed E-state index contributed by atoms with van der Waals surface area (Å²) in [4.78, 5) is 11.6. The number of allylic oxidation sites excluding steroid dienone is 3. The quantitative estimate of drug-likeness (QED) is 0.567. The first-order valence-corrected chi connectivity index (χ1v) is 6.58. The number of carbonyl (C=O) groups excluding carboxylic acids is 1. The standard InChI is InChI=1S/C14H24N2O/c1-2-3-5-10-14(17)16-13(11-15)12-8-6-4-7-9-12/h2-3,5,10,12-13H,4,6-9,11,15H2,1H3,(H,16,17)/b3-2+,10-5?. The molecule has 17 heavy (non-hydrogen) atoms. The number of hydrogen-bond acceptors (Lipinski definition) is 2. The first kappa shape index (κ1) is 14.0. The molecule has 1 fully saturated rings. The van der Waals surface area contributed by atoms with Gasteiger partial charge in [0.05, 0.1) is 0 Å². The molecule has 0 bridgehead atoms. The Morgan fingerprint density at radius 1 is 1.35 bits per heavy atom. The Kier molecular flexibility index (Phi) is 6.63. The van der Waals surface area contributed by atoms with Gasteiger partial charge in [-0.15, -0.1) is 0 Å². The predicted octanol–water partition coefficient (Wildman–Crippen LogP) is 2.14. The van der Waals surface area contributed by atoms with Gasteiger partial charge in [0.2, 0.25) is 5.91 Å². The monoisotopic (exact) mass is 236 g/mol. The van der Waals surface area contributed by atoms with Crippen molar-refractivity contribution in [2.24, 2.45) is 11.7 Å². The molecule has 1 unspecified atom stereocenters. The minimum absolute atomic E-state index is 0.0378. The zero-order valence-electron chi connectivity index (χ0n) is 10.7. The Hall–Kier alpha value is -1.09. The van der Waals surface area contributed by atoms with Gasteiger partial charge in [-0.05, 0) is 25.7 Å². The number of nitrogens with one attached hydrogen (secondary N) is 1. The minimum Gasteiger partial charge on any atom is -0.348 e. The molecule has 0 saturated heterocycles. The average Bonchev–Trinajstić information content (AvgIpc) is 2.37. The first-order valence-electron chi connectivity index (χ1n) is 6.58. The fraction of sp³-hybridized carbons (Fsp3) is 0.643. The third-order valence-corrected chi connectivity index (χ3v) is 3.35. The van der Waals surface area contributed by atoms with Crippen molar-refractivity contribution in [3.05, 3.63) is 24.3 Å². The summed E-state index contributed by atoms with van der Waals surface area (Å²) >= 11 is 0. The third kappa shape index (κ3) is 5.18. The highest BCUT2D eigenvalue weighted by atomic mass is 16.1. The molecule has 3 N–H and O–H groups in total. The molecule has 96 valence electrons. The van der Waals surface area contributed by atoms with Crippen molar-refractivity contribution < 1.29 is 4.79 Å². The Bertz CT molecular complexity index is 278. The number of rotatable bonds is 5. The Morgan fingerprint density at radius 3 is 2.65 bits per heavy atom. The van der Waals surface area contributed by atoms with Crippen LogP contribution in [0.15, 0.2) is 24.3 Å². The van der Waals surface area contributed by atoms with Crippen molar-refractivity contribution in [3.8, 4) is 0 Å². The van der Waals surface area contributed by atoms with Crippen molar-refractivity contribution >= 4 is 5.91 Å². The van der Waals surface area contributed by atoms with Gasteiger partial charge in [-0.1, -0.05) is 37.5 Å². The van der Waals surface area contributed by atoms with Gasteiger partial charge < -0.3 is 11.1 Å². The SMILES string of the molecule is C/C=C/C=CC(=O)NC(CN)C1CCCCC1. The van der Waals surface area contributed by atoms with Gasteiger partial charge in [0.15, 0.2) is 0 Å². The van der Waals surface area contributed by atoms with E-state index in [4.69, 9.17) is 5.73 Å². The number of nitrogens with two attached hydrogens (primary N) is 1. The highest BCUT2D eigenvalue weighted by molar-refractivity contribution is 5.88. The van der Waals surface area contributed by atoms with Crippen molar-refractivity contribution in [2.75, 3.05) is 6.54 Å². The molecular weight excluding hydrogens is 212 g/mol. The predicted molar refractivity (Wildman–Crippen MR) is 71.5 cm³/mol. The zero-order chi connectivity index (χ0) is 12.5. The molecule has 0 aromatic heterocycles. The molecule has 0 heterocycles. The van der Waals surface area contributed by atoms with Gasteiger partial charge in [0, 0.05) is 18.7 Å². The molecule has 1 aliphatic rings. The molecule has 0 spiro atoms. The van der Waals surface area contributed by atoms with Gasteiger partial charge in [0.1, 0.15) is 0 Å². The number of hydrogen-bond donors (Lipinski definition) is 2. The normalized spacial score (nSPS) is 19.9. The van der Waals surface area contributed by atoms with E-state index in [1.807, 2.05) is 19.1 Å². The van der Waals surface area contributed by atoms with E-state index in [0.717, 1.165) is 0 Å². The lowest BCUT2D eigenvalue weighted by molar-refractivity contribution is -0.117. The summed E-state index contributed by atoms with van der Waals surface area (Å²) in [7, 11) is 0. The Balaban J connectivity index is 2.42. The molecule has 0 aliphatic heterocycles. The van der Waals surface area contributed by atoms with Crippen LogP contribution in [-0.2, 0) is 4.79 Å². The molecule has 1 amide bonds. The average molecular weight is 236 g/mol. The van der Waals surface area contributed by atoms with Gasteiger partial charge in [0.25, 0.3) is 0 Å². The lowest BCUT2D eigenvalue weighted by Gasteiger charge is -2.29. The fourth-order valence-corrected chi connectivity index (χ4v) is 2.39. The van der Waals surface area contributed by atoms with Gasteiger partial charge in [-0.3, -0.25) is 4.79 Å². The number of carbonyl (C=O) groups is 1. The van der Waals surface area contributed by atoms with E-state index in [0.29, 0.717) is 12.5 Å². The molecule has 0 radical (unpaired) electrons. The lowest BCUT2D eigenvalue weighted by Crippen LogP contribution is -2.45. The van der Waals surface area contributed by atoms with Crippen molar-refractivity contribution in [2.45, 2.75) is 45.1 Å². The molecule has 1 rings (SSSR count). The maximum Gasteiger partial charge on any atom is 0.244 e. The molecule has 0 aromatic rings. The van der Waals surface area contributed by atoms with E-state index in [2.05, 4.69) is 5.32 Å². The Morgan fingerprint density at radius 2 is 2.06 bits per heavy atom. The highest BCUT2D eigenvalue weighted by Crippen LogP contribution is 2.26. The summed E-state index contributed by atoms with van der Waals surface area (Å²) in [5.74, 6) is 0.525. The van der Waals surface area contributed by atoms with Crippen LogP contribution in [0.5, 0.6) is 0 Å². The summed E-state index contributed by atoms with van der Waals surface area (Å²) in [6, 6.07) is 0.137. The van der Waals surface area contributed by atoms with Crippen LogP contribution in [0.25, 0.3) is 0 Å². The zero-order valence-corrected chi connectivity index (χ0v) is 10.7. The summed E-state index contributed by atoms with van der Waals surface area (Å²) < 4.78 is 0. The topological polar surface area (TPSA) is 55.1 Å². The van der Waals surface area contributed by atoms with Crippen molar-refractivity contribution in [3.63, 3.8) is 0 Å². The van der Waals surface area contributed by atoms with Gasteiger partial charge >= 0.3 is 0 Å². The van der Waals surface area contributed by atoms with Crippen molar-refractivity contribution in [1.82, 2.24) is 5.32 Å². The molecule has 3 heteroatoms. The Labute approximate surface area is 104 Å². The highest BCUT2D eigenvalue weighted by Gasteiger charge is 2.23. The van der Waals surface area contributed by atoms with E-state index in [9.17, 15) is 4.79 Å². The van der Waals surface area contributed by atoms with Crippen LogP contribution in [0, 0.1) is 5.92 Å². The van der Waals surface area contributed by atoms with Crippen LogP contribution in [0.3, 0.4) is 0 Å². The van der Waals surface area contributed by atoms with Crippen molar-refractivity contribution in [1.29, 1.82) is 0 Å². The van der Waals surface area contributed by atoms with Crippen LogP contribution in [0.1, 0.15) is 39.0 Å². The summed E-state index contributed by atoms with van der Waals surface area (Å²) in [6.45, 7) is 2.46. The smallest absolute Gasteiger partial charge is 0.244 e. The maximum atomic E-state index is 11.6. The van der Waals surface area contributed by atoms with Crippen LogP contribution in [0.2, 0.25) is 0 Å². The minimum atomic E-state index is -0.0378. The van der Waals surface area contributed by atoms with Crippen LogP contribution < -0.4 is 11.1 Å². The molecule has 1 saturated carbocycles. The summed E-state index contributed by atoms with van der Waals surface area (Å²) in [5, 5.41) is 3.01. The van der Waals surface area contributed by atoms with Crippen LogP contribution >= 0.6 is 0 Å². The van der Waals surface area contributed by atoms with Gasteiger partial charge in [-0.2, -0.15) is 0 Å². The third-order valence-electron chi connectivity index (χ3n) is 3.35. The van der Waals surface area contributed by atoms with Crippen LogP contribution in [-0.4, -0.2) is 18.5 Å². The van der Waals surface area contributed by atoms with Gasteiger partial charge in [-0.25, -0.2) is 0 Å². The molecular formula is C14H24N2O. The van der Waals surface area contributed by atoms with E-state index in [-0.39, 0.29) is 11.9 Å². The lowest BCUT2D eigenvalue weighted by atomic mass is 9.84. The van der Waals surface area contributed by atoms with E-state index in [1.165, 1.54) is 32.1 Å². The van der Waals surface area contributed by atoms with E-state index < -0.39 is 0 Å². The second-order valence-corrected chi connectivity index (χ2v) is 4.63. The van der Waals surface area contributed by atoms with Crippen LogP contribution in [0.4, 0.5) is 0 Å². The summed E-state index contributed by atoms with van der Waals surface area (Å²) in [5.41, 5.74) is 5.75. The summed E-state index contributed by atoms with van der Waals surface area (Å²) in [6.07, 6.45) is 13.3. The molecule has 1 aliphatic carbocycles. The fourth-order valence-electron chi connectivity index (χ4n) is 2.39. The molecule has 3 nitrogen and oxygen atoms in total. The largest absolute Gasteiger partial charge is 0.348 e. The molecule has 1 atom stereocenters. The van der Waals surface area contributed by atoms with E-state index in [1.54, 1.807) is 12.2 Å². The number of amides is 1. The second-order valence-electron chi connectivity index (χ2n) is 4.63. The second kappa shape index (κ2) is 8.07.